The standard InChI is InChI=1S/C9H15N3O/c1-6(7-3-4-7)13-9-8(10)5-12(2)11-9/h5-7H,3-4,10H2,1-2H3. The zero-order valence-electron chi connectivity index (χ0n) is 8.03. The van der Waals surface area contributed by atoms with Gasteiger partial charge < -0.3 is 10.5 Å². The van der Waals surface area contributed by atoms with Gasteiger partial charge in [-0.05, 0) is 25.7 Å². The first-order valence-electron chi connectivity index (χ1n) is 4.62. The van der Waals surface area contributed by atoms with E-state index in [1.54, 1.807) is 10.9 Å². The highest BCUT2D eigenvalue weighted by Crippen LogP contribution is 2.35. The van der Waals surface area contributed by atoms with Gasteiger partial charge in [-0.15, -0.1) is 5.10 Å². The lowest BCUT2D eigenvalue weighted by molar-refractivity contribution is 0.189. The molecule has 1 atom stereocenters. The maximum absolute atomic E-state index is 5.70. The molecule has 1 aromatic rings. The van der Waals surface area contributed by atoms with Gasteiger partial charge in [-0.25, -0.2) is 0 Å². The van der Waals surface area contributed by atoms with E-state index in [-0.39, 0.29) is 6.10 Å². The van der Waals surface area contributed by atoms with Crippen LogP contribution < -0.4 is 10.5 Å². The predicted molar refractivity (Wildman–Crippen MR) is 50.4 cm³/mol. The smallest absolute Gasteiger partial charge is 0.256 e. The zero-order chi connectivity index (χ0) is 9.42. The highest BCUT2D eigenvalue weighted by Gasteiger charge is 2.30. The van der Waals surface area contributed by atoms with E-state index in [0.29, 0.717) is 17.5 Å². The van der Waals surface area contributed by atoms with E-state index in [2.05, 4.69) is 12.0 Å². The van der Waals surface area contributed by atoms with E-state index in [0.717, 1.165) is 0 Å². The number of nitrogen functional groups attached to an aromatic ring is 1. The molecular formula is C9H15N3O. The summed E-state index contributed by atoms with van der Waals surface area (Å²) in [6.07, 6.45) is 4.55. The summed E-state index contributed by atoms with van der Waals surface area (Å²) in [6, 6.07) is 0. The van der Waals surface area contributed by atoms with E-state index < -0.39 is 0 Å². The zero-order valence-corrected chi connectivity index (χ0v) is 8.03. The molecule has 1 aliphatic carbocycles. The number of hydrogen-bond donors (Lipinski definition) is 1. The summed E-state index contributed by atoms with van der Waals surface area (Å²) in [4.78, 5) is 0. The molecule has 0 bridgehead atoms. The molecule has 4 nitrogen and oxygen atoms in total. The van der Waals surface area contributed by atoms with Gasteiger partial charge in [0.05, 0.1) is 6.20 Å². The summed E-state index contributed by atoms with van der Waals surface area (Å²) >= 11 is 0. The molecule has 0 amide bonds. The molecule has 13 heavy (non-hydrogen) atoms. The topological polar surface area (TPSA) is 53.1 Å². The number of aromatic nitrogens is 2. The Bertz CT molecular complexity index is 304. The predicted octanol–water partition coefficient (Wildman–Crippen LogP) is 1.18. The molecule has 0 aromatic carbocycles. The van der Waals surface area contributed by atoms with Crippen molar-refractivity contribution >= 4 is 5.69 Å². The van der Waals surface area contributed by atoms with Crippen molar-refractivity contribution in [3.8, 4) is 5.88 Å². The minimum Gasteiger partial charge on any atom is -0.472 e. The maximum atomic E-state index is 5.70. The number of hydrogen-bond acceptors (Lipinski definition) is 3. The first kappa shape index (κ1) is 8.41. The van der Waals surface area contributed by atoms with Crippen LogP contribution in [0.4, 0.5) is 5.69 Å². The van der Waals surface area contributed by atoms with Crippen molar-refractivity contribution in [2.24, 2.45) is 13.0 Å². The third kappa shape index (κ3) is 1.76. The van der Waals surface area contributed by atoms with E-state index >= 15 is 0 Å². The van der Waals surface area contributed by atoms with Crippen LogP contribution in [-0.4, -0.2) is 15.9 Å². The molecule has 1 heterocycles. The van der Waals surface area contributed by atoms with Crippen LogP contribution in [0.3, 0.4) is 0 Å². The quantitative estimate of drug-likeness (QED) is 0.761. The Balaban J connectivity index is 2.03. The molecule has 72 valence electrons. The Kier molecular flexibility index (Phi) is 1.90. The summed E-state index contributed by atoms with van der Waals surface area (Å²) in [6.45, 7) is 2.08. The Morgan fingerprint density at radius 2 is 2.38 bits per heavy atom. The van der Waals surface area contributed by atoms with Crippen LogP contribution in [0, 0.1) is 5.92 Å². The van der Waals surface area contributed by atoms with Crippen molar-refractivity contribution in [1.82, 2.24) is 9.78 Å². The van der Waals surface area contributed by atoms with Gasteiger partial charge in [0, 0.05) is 7.05 Å². The number of nitrogens with two attached hydrogens (primary N) is 1. The molecule has 0 radical (unpaired) electrons. The highest BCUT2D eigenvalue weighted by atomic mass is 16.5. The van der Waals surface area contributed by atoms with Gasteiger partial charge in [-0.1, -0.05) is 0 Å². The first-order valence-corrected chi connectivity index (χ1v) is 4.62. The molecule has 1 aliphatic rings. The van der Waals surface area contributed by atoms with Crippen LogP contribution in [0.2, 0.25) is 0 Å². The van der Waals surface area contributed by atoms with E-state index in [1.165, 1.54) is 12.8 Å². The minimum atomic E-state index is 0.247. The fourth-order valence-corrected chi connectivity index (χ4v) is 1.42. The molecule has 1 fully saturated rings. The van der Waals surface area contributed by atoms with E-state index in [4.69, 9.17) is 10.5 Å². The third-order valence-corrected chi connectivity index (χ3v) is 2.40. The highest BCUT2D eigenvalue weighted by molar-refractivity contribution is 5.45. The van der Waals surface area contributed by atoms with E-state index in [9.17, 15) is 0 Å². The second kappa shape index (κ2) is 2.94. The van der Waals surface area contributed by atoms with Crippen LogP contribution in [0.1, 0.15) is 19.8 Å². The second-order valence-corrected chi connectivity index (χ2v) is 3.72. The molecule has 4 heteroatoms. The van der Waals surface area contributed by atoms with Crippen LogP contribution in [0.25, 0.3) is 0 Å². The normalized spacial score (nSPS) is 18.6. The summed E-state index contributed by atoms with van der Waals surface area (Å²) in [5.41, 5.74) is 6.32. The van der Waals surface area contributed by atoms with Gasteiger partial charge >= 0.3 is 0 Å². The average molecular weight is 181 g/mol. The monoisotopic (exact) mass is 181 g/mol. The SMILES string of the molecule is CC(Oc1nn(C)cc1N)C1CC1. The molecule has 0 saturated heterocycles. The van der Waals surface area contributed by atoms with Gasteiger partial charge in [-0.2, -0.15) is 0 Å². The van der Waals surface area contributed by atoms with Gasteiger partial charge in [0.1, 0.15) is 11.8 Å². The molecule has 1 unspecified atom stereocenters. The van der Waals surface area contributed by atoms with Crippen molar-refractivity contribution < 1.29 is 4.74 Å². The van der Waals surface area contributed by atoms with Crippen molar-refractivity contribution in [3.63, 3.8) is 0 Å². The van der Waals surface area contributed by atoms with Crippen LogP contribution in [0.15, 0.2) is 6.20 Å². The Morgan fingerprint density at radius 1 is 1.69 bits per heavy atom. The van der Waals surface area contributed by atoms with Gasteiger partial charge in [-0.3, -0.25) is 4.68 Å². The molecule has 1 saturated carbocycles. The summed E-state index contributed by atoms with van der Waals surface area (Å²) in [7, 11) is 1.84. The van der Waals surface area contributed by atoms with Crippen molar-refractivity contribution in [1.29, 1.82) is 0 Å². The van der Waals surface area contributed by atoms with Crippen LogP contribution >= 0.6 is 0 Å². The number of nitrogens with zero attached hydrogens (tertiary/aromatic N) is 2. The van der Waals surface area contributed by atoms with Gasteiger partial charge in [0.15, 0.2) is 0 Å². The lowest BCUT2D eigenvalue weighted by Gasteiger charge is -2.11. The lowest BCUT2D eigenvalue weighted by atomic mass is 10.3. The van der Waals surface area contributed by atoms with E-state index in [1.807, 2.05) is 7.05 Å². The Labute approximate surface area is 77.7 Å². The molecule has 0 spiro atoms. The van der Waals surface area contributed by atoms with Gasteiger partial charge in [0.2, 0.25) is 0 Å². The Hall–Kier alpha value is -1.19. The fraction of sp³-hybridized carbons (Fsp3) is 0.667. The van der Waals surface area contributed by atoms with Crippen LogP contribution in [0.5, 0.6) is 5.88 Å². The van der Waals surface area contributed by atoms with Crippen molar-refractivity contribution in [2.75, 3.05) is 5.73 Å². The maximum Gasteiger partial charge on any atom is 0.256 e. The van der Waals surface area contributed by atoms with Crippen molar-refractivity contribution in [2.45, 2.75) is 25.9 Å². The second-order valence-electron chi connectivity index (χ2n) is 3.72. The van der Waals surface area contributed by atoms with Crippen molar-refractivity contribution in [3.05, 3.63) is 6.20 Å². The summed E-state index contributed by atoms with van der Waals surface area (Å²) in [5, 5.41) is 4.13. The average Bonchev–Trinajstić information content (AvgIpc) is 2.81. The largest absolute Gasteiger partial charge is 0.472 e. The first-order chi connectivity index (χ1) is 6.16. The lowest BCUT2D eigenvalue weighted by Crippen LogP contribution is -2.15. The Morgan fingerprint density at radius 3 is 2.85 bits per heavy atom. The number of aryl methyl sites for hydroxylation is 1. The minimum absolute atomic E-state index is 0.247. The number of rotatable bonds is 3. The van der Waals surface area contributed by atoms with Gasteiger partial charge in [0.25, 0.3) is 5.88 Å². The molecule has 1 aromatic heterocycles. The summed E-state index contributed by atoms with van der Waals surface area (Å²) < 4.78 is 7.30. The fourth-order valence-electron chi connectivity index (χ4n) is 1.42. The summed E-state index contributed by atoms with van der Waals surface area (Å²) in [5.74, 6) is 1.28. The molecule has 2 N–H and O–H groups in total. The molecular weight excluding hydrogens is 166 g/mol. The molecule has 2 rings (SSSR count). The number of anilines is 1. The third-order valence-electron chi connectivity index (χ3n) is 2.40. The molecule has 0 aliphatic heterocycles. The van der Waals surface area contributed by atoms with Crippen LogP contribution in [-0.2, 0) is 7.05 Å². The number of ether oxygens (including phenoxy) is 1.